The maximum Gasteiger partial charge on any atom is 0.410 e. The highest BCUT2D eigenvalue weighted by atomic mass is 19.1. The molecule has 7 heteroatoms. The summed E-state index contributed by atoms with van der Waals surface area (Å²) in [5, 5.41) is 0. The van der Waals surface area contributed by atoms with Crippen LogP contribution in [0, 0.1) is 11.7 Å². The van der Waals surface area contributed by atoms with Crippen molar-refractivity contribution in [2.45, 2.75) is 51.7 Å². The van der Waals surface area contributed by atoms with E-state index in [0.717, 1.165) is 11.8 Å². The summed E-state index contributed by atoms with van der Waals surface area (Å²) in [6, 6.07) is 1.45. The molecule has 2 heterocycles. The van der Waals surface area contributed by atoms with Crippen LogP contribution in [0.5, 0.6) is 0 Å². The van der Waals surface area contributed by atoms with Crippen LogP contribution >= 0.6 is 0 Å². The Hall–Kier alpha value is -2.44. The fourth-order valence-electron chi connectivity index (χ4n) is 3.58. The van der Waals surface area contributed by atoms with Crippen LogP contribution in [0.4, 0.5) is 9.18 Å². The Morgan fingerprint density at radius 3 is 2.81 bits per heavy atom. The van der Waals surface area contributed by atoms with Gasteiger partial charge in [0.1, 0.15) is 23.4 Å². The van der Waals surface area contributed by atoms with Crippen molar-refractivity contribution >= 4 is 23.5 Å². The minimum atomic E-state index is -0.583. The van der Waals surface area contributed by atoms with E-state index in [4.69, 9.17) is 9.15 Å². The van der Waals surface area contributed by atoms with Gasteiger partial charge in [0.25, 0.3) is 0 Å². The number of nitrogens with zero attached hydrogens (tertiary/aromatic N) is 2. The first kappa shape index (κ1) is 17.0. The Morgan fingerprint density at radius 2 is 2.19 bits per heavy atom. The number of benzene rings is 1. The molecule has 4 rings (SSSR count). The lowest BCUT2D eigenvalue weighted by molar-refractivity contribution is -0.110. The molecule has 1 saturated heterocycles. The van der Waals surface area contributed by atoms with Crippen molar-refractivity contribution in [3.8, 4) is 0 Å². The molecule has 0 bridgehead atoms. The van der Waals surface area contributed by atoms with E-state index in [0.29, 0.717) is 42.8 Å². The number of hydrogen-bond donors (Lipinski definition) is 0. The number of rotatable bonds is 2. The highest BCUT2D eigenvalue weighted by Gasteiger charge is 2.40. The van der Waals surface area contributed by atoms with Gasteiger partial charge in [0.05, 0.1) is 0 Å². The predicted octanol–water partition coefficient (Wildman–Crippen LogP) is 3.56. The number of oxazole rings is 1. The van der Waals surface area contributed by atoms with E-state index in [1.165, 1.54) is 0 Å². The molecule has 0 N–H and O–H groups in total. The first-order chi connectivity index (χ1) is 12.3. The summed E-state index contributed by atoms with van der Waals surface area (Å²) in [5.41, 5.74) is 1.29. The normalized spacial score (nSPS) is 22.2. The Labute approximate surface area is 150 Å². The summed E-state index contributed by atoms with van der Waals surface area (Å²) in [5.74, 6) is -0.296. The number of amides is 1. The van der Waals surface area contributed by atoms with Crippen LogP contribution in [0.25, 0.3) is 11.1 Å². The molecule has 1 aliphatic heterocycles. The van der Waals surface area contributed by atoms with E-state index < -0.39 is 17.5 Å². The Kier molecular flexibility index (Phi) is 3.78. The Balaban J connectivity index is 1.62. The lowest BCUT2D eigenvalue weighted by atomic mass is 10.0. The summed E-state index contributed by atoms with van der Waals surface area (Å²) in [6.07, 6.45) is 2.06. The van der Waals surface area contributed by atoms with Gasteiger partial charge in [-0.15, -0.1) is 0 Å². The molecule has 1 aliphatic carbocycles. The van der Waals surface area contributed by atoms with E-state index in [9.17, 15) is 14.0 Å². The third-order valence-corrected chi connectivity index (χ3v) is 4.91. The number of ether oxygens (including phenoxy) is 1. The summed E-state index contributed by atoms with van der Waals surface area (Å²) < 4.78 is 25.9. The first-order valence-electron chi connectivity index (χ1n) is 8.82. The average Bonchev–Trinajstić information content (AvgIpc) is 3.08. The molecule has 1 unspecified atom stereocenters. The van der Waals surface area contributed by atoms with E-state index in [-0.39, 0.29) is 17.5 Å². The van der Waals surface area contributed by atoms with Crippen molar-refractivity contribution in [1.82, 2.24) is 9.88 Å². The van der Waals surface area contributed by atoms with Crippen molar-refractivity contribution in [3.05, 3.63) is 28.9 Å². The van der Waals surface area contributed by atoms with Crippen LogP contribution in [0.2, 0.25) is 0 Å². The number of fused-ring (bicyclic) bond motifs is 2. The number of carbonyl (C=O) groups is 2. The number of aromatic nitrogens is 1. The molecule has 2 aliphatic rings. The van der Waals surface area contributed by atoms with Gasteiger partial charge in [-0.1, -0.05) is 0 Å². The molecular weight excluding hydrogens is 339 g/mol. The number of aldehydes is 1. The second-order valence-electron chi connectivity index (χ2n) is 8.01. The van der Waals surface area contributed by atoms with Crippen molar-refractivity contribution in [2.24, 2.45) is 5.92 Å². The van der Waals surface area contributed by atoms with Crippen molar-refractivity contribution < 1.29 is 23.1 Å². The second kappa shape index (κ2) is 5.79. The minimum absolute atomic E-state index is 0.0985. The lowest BCUT2D eigenvalue weighted by Crippen LogP contribution is -2.47. The molecule has 26 heavy (non-hydrogen) atoms. The van der Waals surface area contributed by atoms with Gasteiger partial charge < -0.3 is 13.9 Å². The van der Waals surface area contributed by atoms with Crippen LogP contribution in [0.3, 0.4) is 0 Å². The number of carbonyl (C=O) groups excluding carboxylic acids is 2. The van der Waals surface area contributed by atoms with Gasteiger partial charge in [0, 0.05) is 12.5 Å². The summed E-state index contributed by atoms with van der Waals surface area (Å²) >= 11 is 0. The summed E-state index contributed by atoms with van der Waals surface area (Å²) in [6.45, 7) is 5.98. The van der Waals surface area contributed by atoms with Gasteiger partial charge in [-0.05, 0) is 57.2 Å². The molecule has 2 aromatic rings. The molecular formula is C19H21FN2O4. The molecule has 0 radical (unpaired) electrons. The lowest BCUT2D eigenvalue weighted by Gasteiger charge is -2.39. The average molecular weight is 360 g/mol. The van der Waals surface area contributed by atoms with Gasteiger partial charge in [-0.2, -0.15) is 0 Å². The molecule has 1 aromatic heterocycles. The van der Waals surface area contributed by atoms with Crippen LogP contribution < -0.4 is 0 Å². The van der Waals surface area contributed by atoms with Gasteiger partial charge in [0.15, 0.2) is 11.4 Å². The Bertz CT molecular complexity index is 899. The second-order valence-corrected chi connectivity index (χ2v) is 8.01. The van der Waals surface area contributed by atoms with E-state index in [1.807, 2.05) is 20.8 Å². The van der Waals surface area contributed by atoms with Gasteiger partial charge in [0.2, 0.25) is 5.89 Å². The van der Waals surface area contributed by atoms with Crippen LogP contribution in [-0.2, 0) is 22.4 Å². The first-order valence-corrected chi connectivity index (χ1v) is 8.82. The van der Waals surface area contributed by atoms with Crippen molar-refractivity contribution in [1.29, 1.82) is 0 Å². The summed E-state index contributed by atoms with van der Waals surface area (Å²) in [4.78, 5) is 29.2. The van der Waals surface area contributed by atoms with Crippen molar-refractivity contribution in [2.75, 3.05) is 6.54 Å². The van der Waals surface area contributed by atoms with Gasteiger partial charge >= 0.3 is 6.09 Å². The maximum absolute atomic E-state index is 14.8. The van der Waals surface area contributed by atoms with E-state index in [2.05, 4.69) is 4.98 Å². The van der Waals surface area contributed by atoms with E-state index in [1.54, 1.807) is 11.0 Å². The zero-order chi connectivity index (χ0) is 18.6. The van der Waals surface area contributed by atoms with Crippen LogP contribution in [-0.4, -0.2) is 34.4 Å². The molecule has 0 saturated carbocycles. The fraction of sp³-hybridized carbons (Fsp3) is 0.526. The van der Waals surface area contributed by atoms with E-state index >= 15 is 0 Å². The summed E-state index contributed by atoms with van der Waals surface area (Å²) in [7, 11) is 0. The third-order valence-electron chi connectivity index (χ3n) is 4.91. The largest absolute Gasteiger partial charge is 0.444 e. The molecule has 0 spiro atoms. The van der Waals surface area contributed by atoms with Gasteiger partial charge in [-0.3, -0.25) is 4.90 Å². The number of likely N-dealkylation sites (tertiary alicyclic amines) is 1. The Morgan fingerprint density at radius 1 is 1.42 bits per heavy atom. The molecule has 1 aromatic carbocycles. The molecule has 6 nitrogen and oxygen atoms in total. The molecule has 2 atom stereocenters. The zero-order valence-electron chi connectivity index (χ0n) is 15.0. The smallest absolute Gasteiger partial charge is 0.410 e. The highest BCUT2D eigenvalue weighted by Crippen LogP contribution is 2.38. The highest BCUT2D eigenvalue weighted by molar-refractivity contribution is 5.77. The molecule has 138 valence electrons. The number of hydrogen-bond acceptors (Lipinski definition) is 5. The quantitative estimate of drug-likeness (QED) is 0.766. The monoisotopic (exact) mass is 360 g/mol. The topological polar surface area (TPSA) is 72.6 Å². The van der Waals surface area contributed by atoms with Crippen LogP contribution in [0.1, 0.15) is 50.3 Å². The SMILES string of the molecule is CC(C)(C)OC(=O)N1CC[C@H]1c1nc2cc3c(c(F)c2o1)CC(C=O)C3. The third kappa shape index (κ3) is 2.75. The molecule has 1 fully saturated rings. The predicted molar refractivity (Wildman–Crippen MR) is 91.2 cm³/mol. The van der Waals surface area contributed by atoms with Crippen LogP contribution in [0.15, 0.2) is 10.5 Å². The maximum atomic E-state index is 14.8. The van der Waals surface area contributed by atoms with Crippen molar-refractivity contribution in [3.63, 3.8) is 0 Å². The number of halogens is 1. The molecule has 1 amide bonds. The fourth-order valence-corrected chi connectivity index (χ4v) is 3.58. The zero-order valence-corrected chi connectivity index (χ0v) is 15.0. The standard InChI is InChI=1S/C19H21FN2O4/c1-19(2,3)26-18(24)22-5-4-14(22)17-21-13-8-11-6-10(9-23)7-12(11)15(20)16(13)25-17/h8-10,14H,4-7H2,1-3H3/t10?,14-/m0/s1. The minimum Gasteiger partial charge on any atom is -0.444 e. The van der Waals surface area contributed by atoms with Gasteiger partial charge in [-0.25, -0.2) is 14.2 Å².